The monoisotopic (exact) mass is 347 g/mol. The predicted molar refractivity (Wildman–Crippen MR) is 80.5 cm³/mol. The van der Waals surface area contributed by atoms with Gasteiger partial charge in [0, 0.05) is 29.1 Å². The number of hydrogen-bond donors (Lipinski definition) is 1. The average Bonchev–Trinajstić information content (AvgIpc) is 2.41. The normalized spacial score (nSPS) is 17.8. The zero-order valence-corrected chi connectivity index (χ0v) is 13.2. The first-order valence-electron chi connectivity index (χ1n) is 6.58. The van der Waals surface area contributed by atoms with Crippen LogP contribution in [0.15, 0.2) is 22.7 Å². The molecule has 1 aromatic rings. The summed E-state index contributed by atoms with van der Waals surface area (Å²) in [6.07, 6.45) is 2.34. The standard InChI is InChI=1S/C14H19BrClNO2/c15-12-2-1-11(14(16)9-12)10-17-5-3-13(4-6-17)19-8-7-18/h1-2,9,13,18H,3-8,10H2. The second-order valence-corrected chi connectivity index (χ2v) is 6.13. The number of aliphatic hydroxyl groups excluding tert-OH is 1. The van der Waals surface area contributed by atoms with Crippen LogP contribution < -0.4 is 0 Å². The molecule has 1 aliphatic rings. The third-order valence-electron chi connectivity index (χ3n) is 3.39. The fourth-order valence-electron chi connectivity index (χ4n) is 2.34. The Morgan fingerprint density at radius 2 is 2.11 bits per heavy atom. The molecule has 0 bridgehead atoms. The first-order chi connectivity index (χ1) is 9.19. The molecule has 0 aromatic heterocycles. The van der Waals surface area contributed by atoms with Crippen LogP contribution in [0, 0.1) is 0 Å². The van der Waals surface area contributed by atoms with E-state index in [0.717, 1.165) is 42.0 Å². The lowest BCUT2D eigenvalue weighted by atomic mass is 10.1. The average molecular weight is 349 g/mol. The summed E-state index contributed by atoms with van der Waals surface area (Å²) in [5.41, 5.74) is 1.17. The van der Waals surface area contributed by atoms with Gasteiger partial charge in [-0.2, -0.15) is 0 Å². The molecule has 1 saturated heterocycles. The van der Waals surface area contributed by atoms with E-state index in [1.165, 1.54) is 5.56 Å². The molecule has 1 heterocycles. The van der Waals surface area contributed by atoms with E-state index >= 15 is 0 Å². The van der Waals surface area contributed by atoms with Crippen LogP contribution in [-0.2, 0) is 11.3 Å². The van der Waals surface area contributed by atoms with E-state index in [4.69, 9.17) is 21.4 Å². The molecule has 5 heteroatoms. The molecule has 1 aliphatic heterocycles. The third kappa shape index (κ3) is 4.72. The van der Waals surface area contributed by atoms with Crippen molar-refractivity contribution in [3.8, 4) is 0 Å². The van der Waals surface area contributed by atoms with Crippen molar-refractivity contribution in [2.24, 2.45) is 0 Å². The van der Waals surface area contributed by atoms with Gasteiger partial charge in [-0.05, 0) is 30.5 Å². The first-order valence-corrected chi connectivity index (χ1v) is 7.75. The molecule has 3 nitrogen and oxygen atoms in total. The lowest BCUT2D eigenvalue weighted by Crippen LogP contribution is -2.36. The molecule has 0 aliphatic carbocycles. The highest BCUT2D eigenvalue weighted by molar-refractivity contribution is 9.10. The number of ether oxygens (including phenoxy) is 1. The van der Waals surface area contributed by atoms with Crippen LogP contribution in [0.25, 0.3) is 0 Å². The summed E-state index contributed by atoms with van der Waals surface area (Å²) in [5.74, 6) is 0. The van der Waals surface area contributed by atoms with Crippen molar-refractivity contribution in [1.29, 1.82) is 0 Å². The van der Waals surface area contributed by atoms with Gasteiger partial charge < -0.3 is 9.84 Å². The Labute approximate surface area is 127 Å². The van der Waals surface area contributed by atoms with Crippen molar-refractivity contribution >= 4 is 27.5 Å². The number of aliphatic hydroxyl groups is 1. The SMILES string of the molecule is OCCOC1CCN(Cc2ccc(Br)cc2Cl)CC1. The fourth-order valence-corrected chi connectivity index (χ4v) is 3.08. The molecule has 0 radical (unpaired) electrons. The lowest BCUT2D eigenvalue weighted by molar-refractivity contribution is -0.00900. The van der Waals surface area contributed by atoms with Gasteiger partial charge in [-0.25, -0.2) is 0 Å². The highest BCUT2D eigenvalue weighted by atomic mass is 79.9. The van der Waals surface area contributed by atoms with Crippen LogP contribution in [0.3, 0.4) is 0 Å². The predicted octanol–water partition coefficient (Wildman–Crippen LogP) is 3.08. The first kappa shape index (κ1) is 15.3. The maximum absolute atomic E-state index is 8.74. The number of rotatable bonds is 5. The topological polar surface area (TPSA) is 32.7 Å². The molecule has 19 heavy (non-hydrogen) atoms. The Morgan fingerprint density at radius 3 is 2.74 bits per heavy atom. The molecule has 0 atom stereocenters. The van der Waals surface area contributed by atoms with E-state index in [1.54, 1.807) is 0 Å². The Balaban J connectivity index is 1.82. The second kappa shape index (κ2) is 7.60. The maximum atomic E-state index is 8.74. The van der Waals surface area contributed by atoms with E-state index in [1.807, 2.05) is 12.1 Å². The number of benzene rings is 1. The minimum atomic E-state index is 0.106. The largest absolute Gasteiger partial charge is 0.394 e. The molecule has 0 unspecified atom stereocenters. The molecule has 2 rings (SSSR count). The smallest absolute Gasteiger partial charge is 0.0701 e. The van der Waals surface area contributed by atoms with Crippen LogP contribution >= 0.6 is 27.5 Å². The Hall–Kier alpha value is -0.130. The van der Waals surface area contributed by atoms with Crippen molar-refractivity contribution in [2.75, 3.05) is 26.3 Å². The summed E-state index contributed by atoms with van der Waals surface area (Å²) < 4.78 is 6.57. The van der Waals surface area contributed by atoms with Crippen LogP contribution in [0.2, 0.25) is 5.02 Å². The van der Waals surface area contributed by atoms with Gasteiger partial charge in [0.15, 0.2) is 0 Å². The van der Waals surface area contributed by atoms with Crippen molar-refractivity contribution in [3.63, 3.8) is 0 Å². The van der Waals surface area contributed by atoms with Crippen LogP contribution in [0.1, 0.15) is 18.4 Å². The van der Waals surface area contributed by atoms with Crippen LogP contribution in [0.5, 0.6) is 0 Å². The van der Waals surface area contributed by atoms with Crippen LogP contribution in [-0.4, -0.2) is 42.4 Å². The highest BCUT2D eigenvalue weighted by Crippen LogP contribution is 2.24. The van der Waals surface area contributed by atoms with E-state index < -0.39 is 0 Å². The number of piperidine rings is 1. The van der Waals surface area contributed by atoms with Crippen molar-refractivity contribution in [2.45, 2.75) is 25.5 Å². The van der Waals surface area contributed by atoms with Crippen molar-refractivity contribution in [3.05, 3.63) is 33.3 Å². The second-order valence-electron chi connectivity index (χ2n) is 4.81. The van der Waals surface area contributed by atoms with Gasteiger partial charge in [0.2, 0.25) is 0 Å². The number of hydrogen-bond acceptors (Lipinski definition) is 3. The maximum Gasteiger partial charge on any atom is 0.0701 e. The van der Waals surface area contributed by atoms with Gasteiger partial charge in [-0.1, -0.05) is 33.6 Å². The number of nitrogens with zero attached hydrogens (tertiary/aromatic N) is 1. The zero-order chi connectivity index (χ0) is 13.7. The molecule has 0 amide bonds. The summed E-state index contributed by atoms with van der Waals surface area (Å²) in [6.45, 7) is 3.47. The minimum absolute atomic E-state index is 0.106. The summed E-state index contributed by atoms with van der Waals surface area (Å²) in [6, 6.07) is 6.03. The summed E-state index contributed by atoms with van der Waals surface area (Å²) in [7, 11) is 0. The Bertz CT molecular complexity index is 408. The van der Waals surface area contributed by atoms with Gasteiger partial charge in [0.1, 0.15) is 0 Å². The number of halogens is 2. The Kier molecular flexibility index (Phi) is 6.10. The van der Waals surface area contributed by atoms with Crippen LogP contribution in [0.4, 0.5) is 0 Å². The van der Waals surface area contributed by atoms with Gasteiger partial charge in [-0.3, -0.25) is 4.90 Å². The van der Waals surface area contributed by atoms with E-state index in [2.05, 4.69) is 26.9 Å². The summed E-state index contributed by atoms with van der Waals surface area (Å²) in [5, 5.41) is 9.56. The van der Waals surface area contributed by atoms with E-state index in [9.17, 15) is 0 Å². The zero-order valence-electron chi connectivity index (χ0n) is 10.8. The Morgan fingerprint density at radius 1 is 1.37 bits per heavy atom. The van der Waals surface area contributed by atoms with Gasteiger partial charge in [-0.15, -0.1) is 0 Å². The molecular formula is C14H19BrClNO2. The van der Waals surface area contributed by atoms with Crippen molar-refractivity contribution < 1.29 is 9.84 Å². The quantitative estimate of drug-likeness (QED) is 0.887. The highest BCUT2D eigenvalue weighted by Gasteiger charge is 2.20. The molecular weight excluding hydrogens is 330 g/mol. The van der Waals surface area contributed by atoms with Crippen molar-refractivity contribution in [1.82, 2.24) is 4.90 Å². The summed E-state index contributed by atoms with van der Waals surface area (Å²) in [4.78, 5) is 2.40. The fraction of sp³-hybridized carbons (Fsp3) is 0.571. The van der Waals surface area contributed by atoms with E-state index in [0.29, 0.717) is 12.7 Å². The number of likely N-dealkylation sites (tertiary alicyclic amines) is 1. The minimum Gasteiger partial charge on any atom is -0.394 e. The van der Waals surface area contributed by atoms with Gasteiger partial charge in [0.25, 0.3) is 0 Å². The van der Waals surface area contributed by atoms with Gasteiger partial charge >= 0.3 is 0 Å². The summed E-state index contributed by atoms with van der Waals surface area (Å²) >= 11 is 9.66. The molecule has 106 valence electrons. The third-order valence-corrected chi connectivity index (χ3v) is 4.23. The molecule has 1 N–H and O–H groups in total. The molecule has 0 saturated carbocycles. The van der Waals surface area contributed by atoms with E-state index in [-0.39, 0.29) is 6.61 Å². The molecule has 1 aromatic carbocycles. The lowest BCUT2D eigenvalue weighted by Gasteiger charge is -2.32. The molecule has 1 fully saturated rings. The molecule has 0 spiro atoms. The van der Waals surface area contributed by atoms with Gasteiger partial charge in [0.05, 0.1) is 19.3 Å².